The van der Waals surface area contributed by atoms with Crippen molar-refractivity contribution in [1.29, 1.82) is 0 Å². The molecule has 3 heterocycles. The van der Waals surface area contributed by atoms with Gasteiger partial charge in [-0.05, 0) is 24.3 Å². The van der Waals surface area contributed by atoms with Crippen LogP contribution in [-0.2, 0) is 4.79 Å². The summed E-state index contributed by atoms with van der Waals surface area (Å²) in [6.07, 6.45) is 3.72. The first-order valence-corrected chi connectivity index (χ1v) is 10.6. The number of imidazole rings is 1. The van der Waals surface area contributed by atoms with E-state index in [0.717, 1.165) is 21.9 Å². The highest BCUT2D eigenvalue weighted by molar-refractivity contribution is 7.99. The summed E-state index contributed by atoms with van der Waals surface area (Å²) in [6, 6.07) is 11.4. The second-order valence-electron chi connectivity index (χ2n) is 5.98. The second kappa shape index (κ2) is 8.54. The summed E-state index contributed by atoms with van der Waals surface area (Å²) >= 11 is 2.75. The Balaban J connectivity index is 1.42. The van der Waals surface area contributed by atoms with E-state index in [0.29, 0.717) is 16.6 Å². The van der Waals surface area contributed by atoms with Crippen molar-refractivity contribution in [3.8, 4) is 22.8 Å². The molecular formula is C20H18N4O3S2. The number of pyridine rings is 1. The van der Waals surface area contributed by atoms with Crippen LogP contribution in [0.4, 0.5) is 5.13 Å². The Kier molecular flexibility index (Phi) is 5.68. The molecule has 1 aromatic carbocycles. The molecule has 0 radical (unpaired) electrons. The smallest absolute Gasteiger partial charge is 0.236 e. The van der Waals surface area contributed by atoms with E-state index in [1.807, 2.05) is 46.3 Å². The molecule has 1 amide bonds. The number of hydrogen-bond donors (Lipinski definition) is 1. The van der Waals surface area contributed by atoms with Crippen LogP contribution in [0.3, 0.4) is 0 Å². The largest absolute Gasteiger partial charge is 0.497 e. The Bertz CT molecular complexity index is 1160. The highest BCUT2D eigenvalue weighted by Crippen LogP contribution is 2.34. The van der Waals surface area contributed by atoms with Crippen LogP contribution in [0.2, 0.25) is 0 Å². The minimum atomic E-state index is -0.134. The maximum absolute atomic E-state index is 12.4. The molecule has 0 saturated carbocycles. The molecule has 4 aromatic rings. The maximum atomic E-state index is 12.4. The van der Waals surface area contributed by atoms with Crippen LogP contribution in [0.25, 0.3) is 16.8 Å². The van der Waals surface area contributed by atoms with Crippen LogP contribution in [-0.4, -0.2) is 40.2 Å². The lowest BCUT2D eigenvalue weighted by Gasteiger charge is -2.08. The Morgan fingerprint density at radius 3 is 2.97 bits per heavy atom. The van der Waals surface area contributed by atoms with E-state index < -0.39 is 0 Å². The van der Waals surface area contributed by atoms with Gasteiger partial charge in [0, 0.05) is 23.2 Å². The average Bonchev–Trinajstić information content (AvgIpc) is 3.38. The second-order valence-corrected chi connectivity index (χ2v) is 7.78. The van der Waals surface area contributed by atoms with Crippen molar-refractivity contribution >= 4 is 39.7 Å². The van der Waals surface area contributed by atoms with Crippen molar-refractivity contribution in [1.82, 2.24) is 14.4 Å². The van der Waals surface area contributed by atoms with Gasteiger partial charge >= 0.3 is 0 Å². The van der Waals surface area contributed by atoms with Gasteiger partial charge in [0.15, 0.2) is 10.3 Å². The lowest BCUT2D eigenvalue weighted by molar-refractivity contribution is -0.113. The third-order valence-electron chi connectivity index (χ3n) is 4.17. The minimum Gasteiger partial charge on any atom is -0.497 e. The van der Waals surface area contributed by atoms with Crippen LogP contribution in [0.1, 0.15) is 0 Å². The van der Waals surface area contributed by atoms with Crippen molar-refractivity contribution < 1.29 is 14.3 Å². The molecule has 9 heteroatoms. The molecule has 0 aliphatic heterocycles. The molecule has 0 bridgehead atoms. The van der Waals surface area contributed by atoms with Gasteiger partial charge in [-0.1, -0.05) is 17.8 Å². The fraction of sp³-hybridized carbons (Fsp3) is 0.150. The van der Waals surface area contributed by atoms with Crippen molar-refractivity contribution in [2.24, 2.45) is 0 Å². The molecule has 1 N–H and O–H groups in total. The fourth-order valence-electron chi connectivity index (χ4n) is 2.78. The van der Waals surface area contributed by atoms with E-state index in [1.54, 1.807) is 26.5 Å². The zero-order valence-corrected chi connectivity index (χ0v) is 17.4. The number of anilines is 1. The minimum absolute atomic E-state index is 0.134. The number of thiazole rings is 1. The molecule has 0 unspecified atom stereocenters. The van der Waals surface area contributed by atoms with Crippen molar-refractivity contribution in [3.63, 3.8) is 0 Å². The quantitative estimate of drug-likeness (QED) is 0.446. The van der Waals surface area contributed by atoms with E-state index in [1.165, 1.54) is 23.1 Å². The Morgan fingerprint density at radius 1 is 1.24 bits per heavy atom. The number of nitrogens with zero attached hydrogens (tertiary/aromatic N) is 3. The molecule has 0 fully saturated rings. The number of benzene rings is 1. The lowest BCUT2D eigenvalue weighted by Crippen LogP contribution is -2.14. The standard InChI is InChI=1S/C20H18N4O3S2/c1-26-14-6-7-15(17(9-14)27-2)16-11-28-19(22-16)23-18(25)12-29-20-21-10-13-5-3-4-8-24(13)20/h3-11H,12H2,1-2H3,(H,22,23,25). The van der Waals surface area contributed by atoms with Crippen LogP contribution in [0.5, 0.6) is 11.5 Å². The van der Waals surface area contributed by atoms with Crippen LogP contribution < -0.4 is 14.8 Å². The number of ether oxygens (including phenoxy) is 2. The number of amides is 1. The zero-order valence-electron chi connectivity index (χ0n) is 15.8. The van der Waals surface area contributed by atoms with Crippen molar-refractivity contribution in [2.75, 3.05) is 25.3 Å². The number of carbonyl (C=O) groups is 1. The summed E-state index contributed by atoms with van der Waals surface area (Å²) in [7, 11) is 3.21. The van der Waals surface area contributed by atoms with E-state index in [4.69, 9.17) is 9.47 Å². The van der Waals surface area contributed by atoms with Crippen LogP contribution >= 0.6 is 23.1 Å². The van der Waals surface area contributed by atoms with Gasteiger partial charge in [-0.3, -0.25) is 9.20 Å². The third-order valence-corrected chi connectivity index (χ3v) is 5.90. The summed E-state index contributed by atoms with van der Waals surface area (Å²) in [5, 5.41) is 6.05. The Hall–Kier alpha value is -3.04. The van der Waals surface area contributed by atoms with Gasteiger partial charge < -0.3 is 14.8 Å². The van der Waals surface area contributed by atoms with Gasteiger partial charge in [0.2, 0.25) is 5.91 Å². The normalized spacial score (nSPS) is 10.8. The van der Waals surface area contributed by atoms with Crippen molar-refractivity contribution in [2.45, 2.75) is 5.16 Å². The van der Waals surface area contributed by atoms with Gasteiger partial charge in [0.25, 0.3) is 0 Å². The van der Waals surface area contributed by atoms with E-state index in [2.05, 4.69) is 15.3 Å². The summed E-state index contributed by atoms with van der Waals surface area (Å²) in [5.74, 6) is 1.48. The van der Waals surface area contributed by atoms with E-state index >= 15 is 0 Å². The predicted molar refractivity (Wildman–Crippen MR) is 115 cm³/mol. The number of thioether (sulfide) groups is 1. The highest BCUT2D eigenvalue weighted by atomic mass is 32.2. The molecule has 3 aromatic heterocycles. The molecule has 148 valence electrons. The highest BCUT2D eigenvalue weighted by Gasteiger charge is 2.13. The number of hydrogen-bond acceptors (Lipinski definition) is 7. The number of rotatable bonds is 7. The first-order valence-electron chi connectivity index (χ1n) is 8.70. The molecule has 0 aliphatic rings. The lowest BCUT2D eigenvalue weighted by atomic mass is 10.1. The molecule has 7 nitrogen and oxygen atoms in total. The maximum Gasteiger partial charge on any atom is 0.236 e. The van der Waals surface area contributed by atoms with E-state index in [-0.39, 0.29) is 11.7 Å². The number of methoxy groups -OCH3 is 2. The SMILES string of the molecule is COc1ccc(-c2csc(NC(=O)CSc3ncc4ccccn34)n2)c(OC)c1. The number of fused-ring (bicyclic) bond motifs is 1. The van der Waals surface area contributed by atoms with Gasteiger partial charge in [0.05, 0.1) is 37.4 Å². The molecule has 0 aliphatic carbocycles. The van der Waals surface area contributed by atoms with Gasteiger partial charge in [-0.25, -0.2) is 9.97 Å². The fourth-order valence-corrected chi connectivity index (χ4v) is 4.27. The average molecular weight is 427 g/mol. The topological polar surface area (TPSA) is 77.8 Å². The summed E-state index contributed by atoms with van der Waals surface area (Å²) < 4.78 is 12.6. The van der Waals surface area contributed by atoms with Crippen LogP contribution in [0, 0.1) is 0 Å². The molecule has 0 spiro atoms. The first kappa shape index (κ1) is 19.3. The van der Waals surface area contributed by atoms with E-state index in [9.17, 15) is 4.79 Å². The molecular weight excluding hydrogens is 408 g/mol. The van der Waals surface area contributed by atoms with Gasteiger partial charge in [0.1, 0.15) is 11.5 Å². The Labute approximate surface area is 175 Å². The number of nitrogens with one attached hydrogen (secondary N) is 1. The monoisotopic (exact) mass is 426 g/mol. The molecule has 4 rings (SSSR count). The number of carbonyl (C=O) groups excluding carboxylic acids is 1. The number of aromatic nitrogens is 3. The molecule has 0 saturated heterocycles. The summed E-state index contributed by atoms with van der Waals surface area (Å²) in [5.41, 5.74) is 2.56. The summed E-state index contributed by atoms with van der Waals surface area (Å²) in [6.45, 7) is 0. The molecule has 29 heavy (non-hydrogen) atoms. The Morgan fingerprint density at radius 2 is 2.14 bits per heavy atom. The third kappa shape index (κ3) is 4.20. The first-order chi connectivity index (χ1) is 14.2. The van der Waals surface area contributed by atoms with Gasteiger partial charge in [-0.2, -0.15) is 0 Å². The summed E-state index contributed by atoms with van der Waals surface area (Å²) in [4.78, 5) is 21.2. The predicted octanol–water partition coefficient (Wildman–Crippen LogP) is 4.21. The van der Waals surface area contributed by atoms with Gasteiger partial charge in [-0.15, -0.1) is 11.3 Å². The molecule has 0 atom stereocenters. The zero-order chi connectivity index (χ0) is 20.2. The van der Waals surface area contributed by atoms with Crippen LogP contribution in [0.15, 0.2) is 59.3 Å². The van der Waals surface area contributed by atoms with Crippen molar-refractivity contribution in [3.05, 3.63) is 54.2 Å².